The number of likely N-dealkylation sites (tertiary alicyclic amines) is 1. The van der Waals surface area contributed by atoms with Crippen molar-refractivity contribution in [3.63, 3.8) is 0 Å². The monoisotopic (exact) mass is 673 g/mol. The van der Waals surface area contributed by atoms with Gasteiger partial charge in [0.15, 0.2) is 6.10 Å². The molecule has 5 saturated carbocycles. The minimum Gasteiger partial charge on any atom is -0.462 e. The number of fused-ring (bicyclic) bond motifs is 2. The van der Waals surface area contributed by atoms with Crippen LogP contribution in [-0.2, 0) is 42.7 Å². The molecule has 48 heavy (non-hydrogen) atoms. The van der Waals surface area contributed by atoms with E-state index in [0.29, 0.717) is 13.0 Å². The first-order valence-corrected chi connectivity index (χ1v) is 16.7. The zero-order chi connectivity index (χ0) is 34.6. The Balaban J connectivity index is 1.50. The first kappa shape index (κ1) is 33.8. The average molecular weight is 674 g/mol. The number of esters is 3. The molecule has 264 valence electrons. The van der Waals surface area contributed by atoms with Crippen LogP contribution in [0, 0.1) is 34.5 Å². The number of carbonyl (C=O) groups is 3. The Morgan fingerprint density at radius 1 is 0.854 bits per heavy atom. The minimum atomic E-state index is -1.90. The van der Waals surface area contributed by atoms with Crippen LogP contribution in [0.1, 0.15) is 37.0 Å². The molecule has 13 heteroatoms. The average Bonchev–Trinajstić information content (AvgIpc) is 3.44. The van der Waals surface area contributed by atoms with E-state index in [4.69, 9.17) is 33.2 Å². The van der Waals surface area contributed by atoms with Crippen molar-refractivity contribution in [3.05, 3.63) is 35.9 Å². The maximum atomic E-state index is 13.8. The van der Waals surface area contributed by atoms with Gasteiger partial charge in [0, 0.05) is 89.9 Å². The lowest BCUT2D eigenvalue weighted by Crippen LogP contribution is -2.81. The van der Waals surface area contributed by atoms with Gasteiger partial charge in [0.2, 0.25) is 0 Å². The Morgan fingerprint density at radius 3 is 2.12 bits per heavy atom. The summed E-state index contributed by atoms with van der Waals surface area (Å²) in [6, 6.07) is 8.08. The van der Waals surface area contributed by atoms with Crippen LogP contribution in [0.4, 0.5) is 0 Å². The third kappa shape index (κ3) is 4.00. The van der Waals surface area contributed by atoms with Crippen molar-refractivity contribution in [2.75, 3.05) is 48.6 Å². The van der Waals surface area contributed by atoms with Gasteiger partial charge in [-0.15, -0.1) is 0 Å². The van der Waals surface area contributed by atoms with Gasteiger partial charge in [0.1, 0.15) is 29.5 Å². The number of rotatable bonds is 9. The minimum absolute atomic E-state index is 0.0497. The van der Waals surface area contributed by atoms with E-state index in [9.17, 15) is 24.6 Å². The number of hydrogen-bond acceptors (Lipinski definition) is 13. The maximum Gasteiger partial charge on any atom is 0.338 e. The summed E-state index contributed by atoms with van der Waals surface area (Å²) in [5.41, 5.74) is -5.09. The van der Waals surface area contributed by atoms with Gasteiger partial charge in [-0.05, 0) is 31.5 Å². The second kappa shape index (κ2) is 11.4. The van der Waals surface area contributed by atoms with Crippen molar-refractivity contribution < 1.29 is 57.8 Å². The lowest BCUT2D eigenvalue weighted by molar-refractivity contribution is -0.320. The molecule has 6 aliphatic rings. The predicted octanol–water partition coefficient (Wildman–Crippen LogP) is 0.829. The molecule has 0 radical (unpaired) electrons. The number of hydrogen-bond donors (Lipinski definition) is 2. The van der Waals surface area contributed by atoms with Crippen LogP contribution in [0.3, 0.4) is 0 Å². The molecule has 1 unspecified atom stereocenters. The normalized spacial score (nSPS) is 48.1. The Hall–Kier alpha value is -2.65. The van der Waals surface area contributed by atoms with Crippen molar-refractivity contribution in [2.45, 2.75) is 80.6 Å². The van der Waals surface area contributed by atoms with Crippen LogP contribution in [0.25, 0.3) is 0 Å². The fourth-order valence-electron chi connectivity index (χ4n) is 12.4. The molecule has 1 saturated heterocycles. The summed E-state index contributed by atoms with van der Waals surface area (Å²) < 4.78 is 43.2. The summed E-state index contributed by atoms with van der Waals surface area (Å²) >= 11 is 0. The Bertz CT molecular complexity index is 1460. The molecule has 6 fully saturated rings. The lowest BCUT2D eigenvalue weighted by Gasteiger charge is -2.70. The zero-order valence-electron chi connectivity index (χ0n) is 28.5. The van der Waals surface area contributed by atoms with E-state index in [1.54, 1.807) is 51.7 Å². The Morgan fingerprint density at radius 2 is 1.54 bits per heavy atom. The highest BCUT2D eigenvalue weighted by molar-refractivity contribution is 5.89. The van der Waals surface area contributed by atoms with Gasteiger partial charge in [-0.25, -0.2) is 4.79 Å². The van der Waals surface area contributed by atoms with Crippen molar-refractivity contribution in [1.82, 2.24) is 4.90 Å². The third-order valence-electron chi connectivity index (χ3n) is 13.1. The van der Waals surface area contributed by atoms with Crippen LogP contribution in [0.15, 0.2) is 30.3 Å². The molecule has 1 aromatic carbocycles. The first-order valence-electron chi connectivity index (χ1n) is 16.7. The Labute approximate surface area is 280 Å². The van der Waals surface area contributed by atoms with E-state index in [-0.39, 0.29) is 18.6 Å². The molecule has 1 aromatic rings. The molecular formula is C35H47NO12. The van der Waals surface area contributed by atoms with E-state index < -0.39 is 106 Å². The molecule has 15 atom stereocenters. The van der Waals surface area contributed by atoms with Crippen LogP contribution in [0.5, 0.6) is 0 Å². The third-order valence-corrected chi connectivity index (χ3v) is 13.1. The van der Waals surface area contributed by atoms with Gasteiger partial charge in [-0.1, -0.05) is 18.2 Å². The quantitative estimate of drug-likeness (QED) is 0.281. The summed E-state index contributed by atoms with van der Waals surface area (Å²) in [5.74, 6) is -4.36. The SMILES string of the molecule is COC[C@]12CN(C)C3[C@@H]4[C@H](OC)[C@H]1[C@@]3([C@@H](OC)C[C@H]2OC(C)=O)[C@@H]1C[C@@]2(O)[C@H](OC(=O)c3ccccc3)[C@@H]1[C@]4(O)[C@@H](OC(C)=O)[C@@H]2OC. The summed E-state index contributed by atoms with van der Waals surface area (Å²) in [6.45, 7) is 3.31. The molecule has 2 N–H and O–H groups in total. The highest BCUT2D eigenvalue weighted by Crippen LogP contribution is 2.80. The van der Waals surface area contributed by atoms with Gasteiger partial charge in [0.05, 0.1) is 24.4 Å². The molecule has 0 aromatic heterocycles. The molecule has 0 amide bonds. The molecule has 5 aliphatic carbocycles. The van der Waals surface area contributed by atoms with Crippen LogP contribution in [-0.4, -0.2) is 136 Å². The highest BCUT2D eigenvalue weighted by atomic mass is 16.6. The fraction of sp³-hybridized carbons (Fsp3) is 0.743. The molecule has 1 heterocycles. The molecule has 1 aliphatic heterocycles. The summed E-state index contributed by atoms with van der Waals surface area (Å²) in [4.78, 5) is 41.3. The van der Waals surface area contributed by atoms with Crippen molar-refractivity contribution in [2.24, 2.45) is 34.5 Å². The zero-order valence-corrected chi connectivity index (χ0v) is 28.5. The lowest BCUT2D eigenvalue weighted by atomic mass is 9.42. The van der Waals surface area contributed by atoms with E-state index in [2.05, 4.69) is 4.90 Å². The second-order valence-electron chi connectivity index (χ2n) is 14.9. The highest BCUT2D eigenvalue weighted by Gasteiger charge is 2.91. The topological polar surface area (TPSA) is 160 Å². The number of methoxy groups -OCH3 is 4. The van der Waals surface area contributed by atoms with E-state index in [0.717, 1.165) is 0 Å². The molecule has 1 spiro atoms. The maximum absolute atomic E-state index is 13.8. The van der Waals surface area contributed by atoms with Gasteiger partial charge < -0.3 is 48.3 Å². The van der Waals surface area contributed by atoms with Crippen molar-refractivity contribution >= 4 is 17.9 Å². The number of piperidine rings is 1. The predicted molar refractivity (Wildman–Crippen MR) is 165 cm³/mol. The van der Waals surface area contributed by atoms with Crippen LogP contribution < -0.4 is 0 Å². The van der Waals surface area contributed by atoms with Crippen molar-refractivity contribution in [3.8, 4) is 0 Å². The van der Waals surface area contributed by atoms with Crippen molar-refractivity contribution in [1.29, 1.82) is 0 Å². The van der Waals surface area contributed by atoms with Gasteiger partial charge in [0.25, 0.3) is 0 Å². The molecule has 7 rings (SSSR count). The Kier molecular flexibility index (Phi) is 8.06. The number of benzene rings is 1. The summed E-state index contributed by atoms with van der Waals surface area (Å²) in [6.07, 6.45) is -5.23. The van der Waals surface area contributed by atoms with Gasteiger partial charge in [-0.3, -0.25) is 9.59 Å². The van der Waals surface area contributed by atoms with Crippen LogP contribution in [0.2, 0.25) is 0 Å². The van der Waals surface area contributed by atoms with E-state index in [1.165, 1.54) is 21.0 Å². The number of nitrogens with zero attached hydrogens (tertiary/aromatic N) is 1. The molecular weight excluding hydrogens is 626 g/mol. The largest absolute Gasteiger partial charge is 0.462 e. The van der Waals surface area contributed by atoms with Gasteiger partial charge >= 0.3 is 17.9 Å². The van der Waals surface area contributed by atoms with E-state index >= 15 is 0 Å². The van der Waals surface area contributed by atoms with E-state index in [1.807, 2.05) is 7.05 Å². The number of ether oxygens (including phenoxy) is 7. The van der Waals surface area contributed by atoms with Gasteiger partial charge in [-0.2, -0.15) is 0 Å². The first-order chi connectivity index (χ1) is 22.8. The number of aliphatic hydroxyl groups is 2. The summed E-state index contributed by atoms with van der Waals surface area (Å²) in [5, 5.41) is 26.5. The molecule has 7 bridgehead atoms. The fourth-order valence-corrected chi connectivity index (χ4v) is 12.4. The number of carbonyl (C=O) groups excluding carboxylic acids is 3. The van der Waals surface area contributed by atoms with Crippen LogP contribution >= 0.6 is 0 Å². The molecule has 13 nitrogen and oxygen atoms in total. The second-order valence-corrected chi connectivity index (χ2v) is 14.9. The smallest absolute Gasteiger partial charge is 0.338 e. The summed E-state index contributed by atoms with van der Waals surface area (Å²) in [7, 11) is 8.19. The standard InChI is InChI=1S/C35H47NO12/c1-17(37)46-21-13-22(43-5)34-20-14-33(40)28(48-31(39)19-11-9-8-10-12-19)23(20)35(41,30(29(33)45-7)47-18(2)38)24-25(44-6)26(34)32(21,16-42-4)15-36(3)27(24)34/h8-12,20-30,40-41H,13-16H2,1-7H3/t20-,21-,22+,23-,24+,25+,26-,27?,28-,29+,30+,32+,33-,34+,35-/m1/s1.